The third-order valence-corrected chi connectivity index (χ3v) is 3.47. The Morgan fingerprint density at radius 3 is 3.00 bits per heavy atom. The van der Waals surface area contributed by atoms with Gasteiger partial charge >= 0.3 is 0 Å². The summed E-state index contributed by atoms with van der Waals surface area (Å²) in [6, 6.07) is 3.49. The number of carbonyl (C=O) groups excluding carboxylic acids is 1. The van der Waals surface area contributed by atoms with Crippen LogP contribution in [0.3, 0.4) is 0 Å². The van der Waals surface area contributed by atoms with Crippen molar-refractivity contribution in [2.75, 3.05) is 19.7 Å². The molecule has 0 aliphatic carbocycles. The summed E-state index contributed by atoms with van der Waals surface area (Å²) in [5.41, 5.74) is -0.381. The summed E-state index contributed by atoms with van der Waals surface area (Å²) < 4.78 is 5.52. The van der Waals surface area contributed by atoms with Crippen LogP contribution in [0, 0.1) is 10.1 Å². The number of nitrogens with zero attached hydrogens (tertiary/aromatic N) is 2. The molecule has 2 rings (SSSR count). The minimum atomic E-state index is -0.614. The van der Waals surface area contributed by atoms with Gasteiger partial charge in [0.1, 0.15) is 11.3 Å². The van der Waals surface area contributed by atoms with Gasteiger partial charge in [-0.05, 0) is 31.9 Å². The molecule has 114 valence electrons. The Morgan fingerprint density at radius 1 is 1.57 bits per heavy atom. The molecule has 1 aromatic carbocycles. The maximum atomic E-state index is 12.5. The van der Waals surface area contributed by atoms with E-state index in [9.17, 15) is 20.0 Å². The normalized spacial score (nSPS) is 18.5. The molecular weight excluding hydrogens is 276 g/mol. The van der Waals surface area contributed by atoms with E-state index in [1.54, 1.807) is 4.90 Å². The number of nitro benzene ring substituents is 1. The van der Waals surface area contributed by atoms with Gasteiger partial charge < -0.3 is 14.7 Å². The van der Waals surface area contributed by atoms with Gasteiger partial charge in [-0.25, -0.2) is 0 Å². The number of hydrogen-bond donors (Lipinski definition) is 1. The standard InChI is InChI=1S/C14H18N2O5/c1-2-21-11-4-3-7-15(9-11)14(18)12-8-10(17)5-6-13(12)16(19)20/h5-6,8,11,17H,2-4,7,9H2,1H3. The number of carbonyl (C=O) groups is 1. The van der Waals surface area contributed by atoms with E-state index in [4.69, 9.17) is 4.74 Å². The topological polar surface area (TPSA) is 92.9 Å². The lowest BCUT2D eigenvalue weighted by atomic mass is 10.1. The van der Waals surface area contributed by atoms with Crippen LogP contribution in [0.5, 0.6) is 5.75 Å². The van der Waals surface area contributed by atoms with Crippen LogP contribution in [0.4, 0.5) is 5.69 Å². The Kier molecular flexibility index (Phi) is 4.74. The lowest BCUT2D eigenvalue weighted by Gasteiger charge is -2.32. The largest absolute Gasteiger partial charge is 0.508 e. The highest BCUT2D eigenvalue weighted by Crippen LogP contribution is 2.26. The molecule has 0 aromatic heterocycles. The van der Waals surface area contributed by atoms with Crippen molar-refractivity contribution in [1.82, 2.24) is 4.90 Å². The molecule has 1 unspecified atom stereocenters. The molecule has 7 nitrogen and oxygen atoms in total. The second-order valence-electron chi connectivity index (χ2n) is 4.93. The summed E-state index contributed by atoms with van der Waals surface area (Å²) in [7, 11) is 0. The number of phenols is 1. The second kappa shape index (κ2) is 6.53. The lowest BCUT2D eigenvalue weighted by Crippen LogP contribution is -2.43. The van der Waals surface area contributed by atoms with Crippen LogP contribution in [-0.2, 0) is 4.74 Å². The van der Waals surface area contributed by atoms with Gasteiger partial charge in [-0.2, -0.15) is 0 Å². The zero-order chi connectivity index (χ0) is 15.4. The average Bonchev–Trinajstić information content (AvgIpc) is 2.46. The number of likely N-dealkylation sites (tertiary alicyclic amines) is 1. The van der Waals surface area contributed by atoms with Crippen LogP contribution < -0.4 is 0 Å². The highest BCUT2D eigenvalue weighted by molar-refractivity contribution is 5.98. The quantitative estimate of drug-likeness (QED) is 0.676. The predicted molar refractivity (Wildman–Crippen MR) is 75.3 cm³/mol. The highest BCUT2D eigenvalue weighted by Gasteiger charge is 2.29. The maximum absolute atomic E-state index is 12.5. The van der Waals surface area contributed by atoms with E-state index in [2.05, 4.69) is 0 Å². The van der Waals surface area contributed by atoms with Crippen molar-refractivity contribution < 1.29 is 19.6 Å². The third-order valence-electron chi connectivity index (χ3n) is 3.47. The first kappa shape index (κ1) is 15.2. The van der Waals surface area contributed by atoms with Gasteiger partial charge in [-0.3, -0.25) is 14.9 Å². The summed E-state index contributed by atoms with van der Waals surface area (Å²) in [6.07, 6.45) is 1.63. The maximum Gasteiger partial charge on any atom is 0.282 e. The van der Waals surface area contributed by atoms with Crippen molar-refractivity contribution in [3.63, 3.8) is 0 Å². The summed E-state index contributed by atoms with van der Waals surface area (Å²) in [5.74, 6) is -0.607. The number of nitro groups is 1. The monoisotopic (exact) mass is 294 g/mol. The number of benzene rings is 1. The van der Waals surface area contributed by atoms with Crippen LogP contribution >= 0.6 is 0 Å². The fraction of sp³-hybridized carbons (Fsp3) is 0.500. The molecule has 1 fully saturated rings. The first-order valence-corrected chi connectivity index (χ1v) is 6.91. The molecule has 7 heteroatoms. The molecule has 0 radical (unpaired) electrons. The fourth-order valence-corrected chi connectivity index (χ4v) is 2.52. The summed E-state index contributed by atoms with van der Waals surface area (Å²) >= 11 is 0. The number of hydrogen-bond acceptors (Lipinski definition) is 5. The predicted octanol–water partition coefficient (Wildman–Crippen LogP) is 1.94. The Morgan fingerprint density at radius 2 is 2.33 bits per heavy atom. The van der Waals surface area contributed by atoms with E-state index >= 15 is 0 Å². The van der Waals surface area contributed by atoms with E-state index in [0.29, 0.717) is 19.7 Å². The number of ether oxygens (including phenoxy) is 1. The van der Waals surface area contributed by atoms with E-state index < -0.39 is 10.8 Å². The number of piperidine rings is 1. The van der Waals surface area contributed by atoms with Crippen LogP contribution in [-0.4, -0.2) is 46.6 Å². The van der Waals surface area contributed by atoms with Crippen LogP contribution in [0.2, 0.25) is 0 Å². The van der Waals surface area contributed by atoms with Crippen molar-refractivity contribution in [1.29, 1.82) is 0 Å². The van der Waals surface area contributed by atoms with Crippen LogP contribution in [0.25, 0.3) is 0 Å². The summed E-state index contributed by atoms with van der Waals surface area (Å²) in [4.78, 5) is 24.4. The van der Waals surface area contributed by atoms with Crippen LogP contribution in [0.1, 0.15) is 30.1 Å². The molecule has 1 heterocycles. The molecule has 1 atom stereocenters. The van der Waals surface area contributed by atoms with Gasteiger partial charge in [0.05, 0.1) is 11.0 Å². The SMILES string of the molecule is CCOC1CCCN(C(=O)c2cc(O)ccc2[N+](=O)[O-])C1. The van der Waals surface area contributed by atoms with Gasteiger partial charge in [-0.1, -0.05) is 0 Å². The van der Waals surface area contributed by atoms with Crippen LogP contribution in [0.15, 0.2) is 18.2 Å². The number of aromatic hydroxyl groups is 1. The van der Waals surface area contributed by atoms with E-state index in [1.165, 1.54) is 6.07 Å². The van der Waals surface area contributed by atoms with Crippen molar-refractivity contribution in [3.8, 4) is 5.75 Å². The molecule has 21 heavy (non-hydrogen) atoms. The minimum absolute atomic E-state index is 0.0379. The highest BCUT2D eigenvalue weighted by atomic mass is 16.6. The molecule has 0 saturated carbocycles. The number of phenolic OH excluding ortho intramolecular Hbond substituents is 1. The van der Waals surface area contributed by atoms with Gasteiger partial charge in [0.2, 0.25) is 0 Å². The van der Waals surface area contributed by atoms with Gasteiger partial charge in [0, 0.05) is 25.8 Å². The molecule has 1 aliphatic heterocycles. The molecular formula is C14H18N2O5. The molecule has 1 amide bonds. The number of rotatable bonds is 4. The average molecular weight is 294 g/mol. The molecule has 1 aliphatic rings. The summed E-state index contributed by atoms with van der Waals surface area (Å²) in [6.45, 7) is 3.41. The Hall–Kier alpha value is -2.15. The second-order valence-corrected chi connectivity index (χ2v) is 4.93. The lowest BCUT2D eigenvalue weighted by molar-refractivity contribution is -0.385. The third kappa shape index (κ3) is 3.49. The Bertz CT molecular complexity index is 544. The zero-order valence-corrected chi connectivity index (χ0v) is 11.8. The molecule has 0 spiro atoms. The fourth-order valence-electron chi connectivity index (χ4n) is 2.52. The molecule has 1 aromatic rings. The van der Waals surface area contributed by atoms with Gasteiger partial charge in [0.15, 0.2) is 0 Å². The van der Waals surface area contributed by atoms with E-state index in [-0.39, 0.29) is 23.1 Å². The zero-order valence-electron chi connectivity index (χ0n) is 11.8. The molecule has 0 bridgehead atoms. The van der Waals surface area contributed by atoms with Gasteiger partial charge in [-0.15, -0.1) is 0 Å². The Labute approximate surface area is 122 Å². The van der Waals surface area contributed by atoms with Crippen molar-refractivity contribution in [2.45, 2.75) is 25.9 Å². The van der Waals surface area contributed by atoms with E-state index in [1.807, 2.05) is 6.92 Å². The molecule has 1 saturated heterocycles. The first-order chi connectivity index (χ1) is 10.0. The smallest absolute Gasteiger partial charge is 0.282 e. The van der Waals surface area contributed by atoms with E-state index in [0.717, 1.165) is 25.0 Å². The first-order valence-electron chi connectivity index (χ1n) is 6.91. The summed E-state index contributed by atoms with van der Waals surface area (Å²) in [5, 5.41) is 20.5. The molecule has 1 N–H and O–H groups in total. The van der Waals surface area contributed by atoms with Crippen molar-refractivity contribution in [3.05, 3.63) is 33.9 Å². The minimum Gasteiger partial charge on any atom is -0.508 e. The van der Waals surface area contributed by atoms with Crippen molar-refractivity contribution >= 4 is 11.6 Å². The van der Waals surface area contributed by atoms with Gasteiger partial charge in [0.25, 0.3) is 11.6 Å². The Balaban J connectivity index is 2.23. The van der Waals surface area contributed by atoms with Crippen molar-refractivity contribution in [2.24, 2.45) is 0 Å². The number of amides is 1.